The average Bonchev–Trinajstić information content (AvgIpc) is 2.77. The minimum absolute atomic E-state index is 0.0345. The van der Waals surface area contributed by atoms with Gasteiger partial charge in [0.25, 0.3) is 5.91 Å². The largest absolute Gasteiger partial charge is 0.484 e. The summed E-state index contributed by atoms with van der Waals surface area (Å²) in [6.45, 7) is 0.0345. The molecule has 0 fully saturated rings. The second-order valence-electron chi connectivity index (χ2n) is 4.44. The highest BCUT2D eigenvalue weighted by molar-refractivity contribution is 6.04. The summed E-state index contributed by atoms with van der Waals surface area (Å²) in [5, 5.41) is 12.1. The van der Waals surface area contributed by atoms with Crippen molar-refractivity contribution in [3.8, 4) is 5.75 Å². The van der Waals surface area contributed by atoms with Crippen molar-refractivity contribution in [2.75, 3.05) is 20.7 Å². The van der Waals surface area contributed by atoms with Gasteiger partial charge in [-0.25, -0.2) is 0 Å². The van der Waals surface area contributed by atoms with E-state index in [-0.39, 0.29) is 12.5 Å². The van der Waals surface area contributed by atoms with Crippen LogP contribution in [0.1, 0.15) is 17.5 Å². The van der Waals surface area contributed by atoms with E-state index >= 15 is 0 Å². The fourth-order valence-corrected chi connectivity index (χ4v) is 1.91. The Morgan fingerprint density at radius 3 is 2.89 bits per heavy atom. The molecular formula is C13H16N2O3. The number of hydrogen-bond donors (Lipinski definition) is 1. The van der Waals surface area contributed by atoms with E-state index < -0.39 is 0 Å². The highest BCUT2D eigenvalue weighted by atomic mass is 16.5. The molecule has 0 heterocycles. The summed E-state index contributed by atoms with van der Waals surface area (Å²) in [5.74, 6) is 0.594. The normalized spacial score (nSPS) is 15.6. The van der Waals surface area contributed by atoms with Crippen molar-refractivity contribution in [3.63, 3.8) is 0 Å². The van der Waals surface area contributed by atoms with Gasteiger partial charge in [0.05, 0.1) is 5.71 Å². The molecule has 0 aliphatic heterocycles. The molecule has 5 heteroatoms. The van der Waals surface area contributed by atoms with Gasteiger partial charge in [0.1, 0.15) is 5.75 Å². The third-order valence-corrected chi connectivity index (χ3v) is 3.00. The van der Waals surface area contributed by atoms with Gasteiger partial charge in [-0.15, -0.1) is 0 Å². The van der Waals surface area contributed by atoms with E-state index in [1.54, 1.807) is 20.2 Å². The van der Waals surface area contributed by atoms with E-state index in [0.29, 0.717) is 11.5 Å². The summed E-state index contributed by atoms with van der Waals surface area (Å²) in [6.07, 6.45) is 1.58. The molecule has 1 aliphatic carbocycles. The number of nitrogens with zero attached hydrogens (tertiary/aromatic N) is 2. The Morgan fingerprint density at radius 2 is 2.22 bits per heavy atom. The zero-order valence-corrected chi connectivity index (χ0v) is 10.5. The molecular weight excluding hydrogens is 232 g/mol. The van der Waals surface area contributed by atoms with E-state index in [1.165, 1.54) is 4.90 Å². The van der Waals surface area contributed by atoms with Gasteiger partial charge in [0.2, 0.25) is 0 Å². The Balaban J connectivity index is 2.07. The maximum Gasteiger partial charge on any atom is 0.259 e. The highest BCUT2D eigenvalue weighted by Crippen LogP contribution is 2.26. The molecule has 1 N–H and O–H groups in total. The molecule has 18 heavy (non-hydrogen) atoms. The lowest BCUT2D eigenvalue weighted by atomic mass is 10.1. The maximum absolute atomic E-state index is 11.4. The van der Waals surface area contributed by atoms with Crippen molar-refractivity contribution in [2.45, 2.75) is 12.8 Å². The number of amides is 1. The van der Waals surface area contributed by atoms with Crippen LogP contribution < -0.4 is 4.74 Å². The molecule has 5 nitrogen and oxygen atoms in total. The highest BCUT2D eigenvalue weighted by Gasteiger charge is 2.18. The Kier molecular flexibility index (Phi) is 3.50. The fourth-order valence-electron chi connectivity index (χ4n) is 1.91. The molecule has 0 atom stereocenters. The summed E-state index contributed by atoms with van der Waals surface area (Å²) in [7, 11) is 3.39. The van der Waals surface area contributed by atoms with Crippen molar-refractivity contribution in [2.24, 2.45) is 5.16 Å². The van der Waals surface area contributed by atoms with Gasteiger partial charge < -0.3 is 14.8 Å². The molecule has 0 radical (unpaired) electrons. The molecule has 1 aliphatic rings. The number of oxime groups is 1. The molecule has 0 saturated carbocycles. The van der Waals surface area contributed by atoms with E-state index in [2.05, 4.69) is 5.16 Å². The number of carbonyl (C=O) groups excluding carboxylic acids is 1. The van der Waals surface area contributed by atoms with Gasteiger partial charge in [-0.3, -0.25) is 4.79 Å². The van der Waals surface area contributed by atoms with E-state index in [9.17, 15) is 4.79 Å². The van der Waals surface area contributed by atoms with E-state index in [0.717, 1.165) is 24.0 Å². The van der Waals surface area contributed by atoms with Gasteiger partial charge in [0.15, 0.2) is 6.61 Å². The van der Waals surface area contributed by atoms with Crippen LogP contribution in [0, 0.1) is 0 Å². The first-order valence-corrected chi connectivity index (χ1v) is 5.79. The minimum Gasteiger partial charge on any atom is -0.484 e. The maximum atomic E-state index is 11.4. The Labute approximate surface area is 106 Å². The van der Waals surface area contributed by atoms with E-state index in [1.807, 2.05) is 12.1 Å². The number of carbonyl (C=O) groups is 1. The SMILES string of the molecule is CN(C)C(=O)COc1ccc2c(c1)CC/C2=N\O. The van der Waals surface area contributed by atoms with Crippen LogP contribution in [-0.4, -0.2) is 42.4 Å². The van der Waals surface area contributed by atoms with Crippen LogP contribution in [0.15, 0.2) is 23.4 Å². The molecule has 0 unspecified atom stereocenters. The molecule has 0 saturated heterocycles. The second-order valence-corrected chi connectivity index (χ2v) is 4.44. The van der Waals surface area contributed by atoms with Gasteiger partial charge in [0, 0.05) is 19.7 Å². The first-order chi connectivity index (χ1) is 8.61. The number of benzene rings is 1. The lowest BCUT2D eigenvalue weighted by Crippen LogP contribution is -2.27. The zero-order valence-electron chi connectivity index (χ0n) is 10.5. The third kappa shape index (κ3) is 2.45. The number of ether oxygens (including phenoxy) is 1. The lowest BCUT2D eigenvalue weighted by Gasteiger charge is -2.12. The van der Waals surface area contributed by atoms with Gasteiger partial charge in [-0.1, -0.05) is 5.16 Å². The topological polar surface area (TPSA) is 62.1 Å². The monoisotopic (exact) mass is 248 g/mol. The summed E-state index contributed by atoms with van der Waals surface area (Å²) in [5.41, 5.74) is 2.77. The van der Waals surface area contributed by atoms with Crippen LogP contribution in [-0.2, 0) is 11.2 Å². The van der Waals surface area contributed by atoms with Gasteiger partial charge in [-0.05, 0) is 36.6 Å². The van der Waals surface area contributed by atoms with Crippen molar-refractivity contribution >= 4 is 11.6 Å². The molecule has 96 valence electrons. The van der Waals surface area contributed by atoms with Crippen LogP contribution in [0.4, 0.5) is 0 Å². The summed E-state index contributed by atoms with van der Waals surface area (Å²) in [4.78, 5) is 12.9. The number of likely N-dealkylation sites (N-methyl/N-ethyl adjacent to an activating group) is 1. The number of rotatable bonds is 3. The van der Waals surface area contributed by atoms with E-state index in [4.69, 9.17) is 9.94 Å². The molecule has 1 aromatic carbocycles. The number of fused-ring (bicyclic) bond motifs is 1. The lowest BCUT2D eigenvalue weighted by molar-refractivity contribution is -0.130. The minimum atomic E-state index is -0.0758. The predicted octanol–water partition coefficient (Wildman–Crippen LogP) is 1.28. The quantitative estimate of drug-likeness (QED) is 0.647. The summed E-state index contributed by atoms with van der Waals surface area (Å²) in [6, 6.07) is 5.56. The first-order valence-electron chi connectivity index (χ1n) is 5.79. The van der Waals surface area contributed by atoms with Crippen LogP contribution in [0.2, 0.25) is 0 Å². The van der Waals surface area contributed by atoms with Crippen LogP contribution in [0.25, 0.3) is 0 Å². The van der Waals surface area contributed by atoms with Gasteiger partial charge in [-0.2, -0.15) is 0 Å². The third-order valence-electron chi connectivity index (χ3n) is 3.00. The molecule has 1 aromatic rings. The Hall–Kier alpha value is -2.04. The number of aryl methyl sites for hydroxylation is 1. The second kappa shape index (κ2) is 5.08. The summed E-state index contributed by atoms with van der Waals surface area (Å²) < 4.78 is 5.43. The molecule has 0 spiro atoms. The standard InChI is InChI=1S/C13H16N2O3/c1-15(2)13(16)8-18-10-4-5-11-9(7-10)3-6-12(11)14-17/h4-5,7,17H,3,6,8H2,1-2H3/b14-12+. The first kappa shape index (κ1) is 12.4. The van der Waals surface area contributed by atoms with Crippen LogP contribution in [0.5, 0.6) is 5.75 Å². The smallest absolute Gasteiger partial charge is 0.259 e. The van der Waals surface area contributed by atoms with Crippen LogP contribution >= 0.6 is 0 Å². The number of hydrogen-bond acceptors (Lipinski definition) is 4. The fraction of sp³-hybridized carbons (Fsp3) is 0.385. The average molecular weight is 248 g/mol. The van der Waals surface area contributed by atoms with Gasteiger partial charge >= 0.3 is 0 Å². The van der Waals surface area contributed by atoms with Crippen molar-refractivity contribution in [1.82, 2.24) is 4.90 Å². The molecule has 0 bridgehead atoms. The molecule has 0 aromatic heterocycles. The molecule has 2 rings (SSSR count). The van der Waals surface area contributed by atoms with Crippen molar-refractivity contribution in [1.29, 1.82) is 0 Å². The van der Waals surface area contributed by atoms with Crippen molar-refractivity contribution in [3.05, 3.63) is 29.3 Å². The Bertz CT molecular complexity index is 495. The molecule has 1 amide bonds. The predicted molar refractivity (Wildman–Crippen MR) is 67.3 cm³/mol. The van der Waals surface area contributed by atoms with Crippen LogP contribution in [0.3, 0.4) is 0 Å². The van der Waals surface area contributed by atoms with Crippen molar-refractivity contribution < 1.29 is 14.7 Å². The Morgan fingerprint density at radius 1 is 1.44 bits per heavy atom. The summed E-state index contributed by atoms with van der Waals surface area (Å²) >= 11 is 0. The zero-order chi connectivity index (χ0) is 13.1.